The molecule has 1 aliphatic rings. The molecule has 2 rings (SSSR count). The van der Waals surface area contributed by atoms with Crippen molar-refractivity contribution in [1.82, 2.24) is 5.32 Å². The molecule has 0 radical (unpaired) electrons. The molecule has 1 aromatic carbocycles. The molecule has 8 nitrogen and oxygen atoms in total. The van der Waals surface area contributed by atoms with Crippen LogP contribution in [0.3, 0.4) is 0 Å². The summed E-state index contributed by atoms with van der Waals surface area (Å²) in [5, 5.41) is 18.2. The first-order valence-corrected chi connectivity index (χ1v) is 7.05. The molecule has 0 bridgehead atoms. The minimum atomic E-state index is -1.26. The van der Waals surface area contributed by atoms with Gasteiger partial charge >= 0.3 is 18.0 Å². The van der Waals surface area contributed by atoms with Crippen LogP contribution in [0.2, 0.25) is 0 Å². The Bertz CT molecular complexity index is 603. The average Bonchev–Trinajstić information content (AvgIpc) is 2.88. The van der Waals surface area contributed by atoms with Crippen molar-refractivity contribution in [2.75, 3.05) is 13.2 Å². The number of rotatable bonds is 5. The number of carbonyl (C=O) groups excluding carboxylic acids is 1. The van der Waals surface area contributed by atoms with Gasteiger partial charge in [-0.3, -0.25) is 0 Å². The van der Waals surface area contributed by atoms with Crippen molar-refractivity contribution in [2.24, 2.45) is 0 Å². The third-order valence-electron chi connectivity index (χ3n) is 2.75. The van der Waals surface area contributed by atoms with Gasteiger partial charge in [-0.05, 0) is 37.1 Å². The molecule has 1 amide bonds. The van der Waals surface area contributed by atoms with Gasteiger partial charge in [0.05, 0.1) is 6.54 Å². The van der Waals surface area contributed by atoms with E-state index in [1.165, 1.54) is 0 Å². The first-order chi connectivity index (χ1) is 11.3. The predicted octanol–water partition coefficient (Wildman–Crippen LogP) is 1.50. The molecule has 8 heteroatoms. The van der Waals surface area contributed by atoms with Crippen LogP contribution < -0.4 is 10.1 Å². The van der Waals surface area contributed by atoms with E-state index < -0.39 is 11.9 Å². The molecule has 0 spiro atoms. The fourth-order valence-corrected chi connectivity index (χ4v) is 1.87. The monoisotopic (exact) mass is 337 g/mol. The maximum atomic E-state index is 10.8. The molecule has 0 aliphatic carbocycles. The van der Waals surface area contributed by atoms with Crippen LogP contribution in [0.5, 0.6) is 5.75 Å². The lowest BCUT2D eigenvalue weighted by atomic mass is 10.1. The molecular formula is C16H19NO7. The molecular weight excluding hydrogens is 318 g/mol. The molecule has 24 heavy (non-hydrogen) atoms. The van der Waals surface area contributed by atoms with Gasteiger partial charge < -0.3 is 25.0 Å². The number of cyclic esters (lactones) is 1. The molecule has 0 saturated carbocycles. The Labute approximate surface area is 138 Å². The van der Waals surface area contributed by atoms with Crippen molar-refractivity contribution >= 4 is 18.0 Å². The van der Waals surface area contributed by atoms with Crippen molar-refractivity contribution in [3.8, 4) is 5.75 Å². The Morgan fingerprint density at radius 2 is 1.75 bits per heavy atom. The molecule has 130 valence electrons. The fraction of sp³-hybridized carbons (Fsp3) is 0.312. The van der Waals surface area contributed by atoms with E-state index in [0.717, 1.165) is 16.9 Å². The minimum Gasteiger partial charge on any atom is -0.490 e. The van der Waals surface area contributed by atoms with Crippen molar-refractivity contribution < 1.29 is 34.1 Å². The largest absolute Gasteiger partial charge is 0.490 e. The van der Waals surface area contributed by atoms with Crippen molar-refractivity contribution in [1.29, 1.82) is 0 Å². The van der Waals surface area contributed by atoms with Gasteiger partial charge in [0.1, 0.15) is 12.4 Å². The topological polar surface area (TPSA) is 122 Å². The van der Waals surface area contributed by atoms with Gasteiger partial charge in [-0.15, -0.1) is 0 Å². The average molecular weight is 337 g/mol. The van der Waals surface area contributed by atoms with Gasteiger partial charge in [-0.25, -0.2) is 14.4 Å². The number of amides is 1. The number of alkyl carbamates (subject to hydrolysis) is 1. The van der Waals surface area contributed by atoms with Crippen LogP contribution in [-0.2, 0) is 14.3 Å². The summed E-state index contributed by atoms with van der Waals surface area (Å²) in [6.07, 6.45) is 0.562. The number of hydrogen-bond acceptors (Lipinski definition) is 5. The lowest BCUT2D eigenvalue weighted by Gasteiger charge is -2.11. The summed E-state index contributed by atoms with van der Waals surface area (Å²) < 4.78 is 10.6. The summed E-state index contributed by atoms with van der Waals surface area (Å²) >= 11 is 0. The van der Waals surface area contributed by atoms with Crippen LogP contribution in [0.15, 0.2) is 30.4 Å². The lowest BCUT2D eigenvalue weighted by molar-refractivity contribution is -0.134. The smallest absolute Gasteiger partial charge is 0.407 e. The first-order valence-electron chi connectivity index (χ1n) is 7.05. The molecule has 1 fully saturated rings. The second kappa shape index (κ2) is 9.19. The van der Waals surface area contributed by atoms with E-state index in [1.807, 2.05) is 26.0 Å². The third kappa shape index (κ3) is 7.83. The SMILES string of the molecule is Cc1cc(C)cc(OCC2CNC(=O)O2)c1.O=C(O)/C=C\C(=O)O. The van der Waals surface area contributed by atoms with E-state index in [4.69, 9.17) is 19.7 Å². The van der Waals surface area contributed by atoms with E-state index in [-0.39, 0.29) is 12.2 Å². The Morgan fingerprint density at radius 3 is 2.17 bits per heavy atom. The summed E-state index contributed by atoms with van der Waals surface area (Å²) in [6, 6.07) is 6.03. The first kappa shape index (κ1) is 19.0. The number of aliphatic carboxylic acids is 2. The van der Waals surface area contributed by atoms with Crippen molar-refractivity contribution in [3.05, 3.63) is 41.5 Å². The normalized spacial score (nSPS) is 15.9. The number of benzene rings is 1. The van der Waals surface area contributed by atoms with E-state index in [1.54, 1.807) is 0 Å². The van der Waals surface area contributed by atoms with Crippen LogP contribution in [0.25, 0.3) is 0 Å². The van der Waals surface area contributed by atoms with Crippen LogP contribution in [-0.4, -0.2) is 47.5 Å². The highest BCUT2D eigenvalue weighted by molar-refractivity contribution is 5.89. The van der Waals surface area contributed by atoms with E-state index >= 15 is 0 Å². The Hall–Kier alpha value is -3.03. The fourth-order valence-electron chi connectivity index (χ4n) is 1.87. The Kier molecular flexibility index (Phi) is 7.28. The van der Waals surface area contributed by atoms with E-state index in [9.17, 15) is 14.4 Å². The molecule has 1 aromatic rings. The van der Waals surface area contributed by atoms with Crippen molar-refractivity contribution in [2.45, 2.75) is 20.0 Å². The van der Waals surface area contributed by atoms with Gasteiger partial charge in [0, 0.05) is 12.2 Å². The number of hydrogen-bond donors (Lipinski definition) is 3. The third-order valence-corrected chi connectivity index (χ3v) is 2.75. The summed E-state index contributed by atoms with van der Waals surface area (Å²) in [6.45, 7) is 4.96. The molecule has 1 atom stereocenters. The second-order valence-electron chi connectivity index (χ2n) is 5.05. The van der Waals surface area contributed by atoms with Gasteiger partial charge in [-0.1, -0.05) is 6.07 Å². The number of carboxylic acid groups (broad SMARTS) is 2. The van der Waals surface area contributed by atoms with Crippen molar-refractivity contribution in [3.63, 3.8) is 0 Å². The summed E-state index contributed by atoms with van der Waals surface area (Å²) in [7, 11) is 0. The number of nitrogens with one attached hydrogen (secondary N) is 1. The molecule has 0 aromatic heterocycles. The molecule has 1 aliphatic heterocycles. The quantitative estimate of drug-likeness (QED) is 0.696. The zero-order valence-corrected chi connectivity index (χ0v) is 13.3. The lowest BCUT2D eigenvalue weighted by Crippen LogP contribution is -2.21. The van der Waals surface area contributed by atoms with Crippen LogP contribution >= 0.6 is 0 Å². The number of ether oxygens (including phenoxy) is 2. The van der Waals surface area contributed by atoms with Crippen LogP contribution in [0.4, 0.5) is 4.79 Å². The predicted molar refractivity (Wildman–Crippen MR) is 84.1 cm³/mol. The highest BCUT2D eigenvalue weighted by Crippen LogP contribution is 2.16. The number of carboxylic acids is 2. The van der Waals surface area contributed by atoms with E-state index in [0.29, 0.717) is 25.3 Å². The molecule has 1 unspecified atom stereocenters. The highest BCUT2D eigenvalue weighted by Gasteiger charge is 2.22. The van der Waals surface area contributed by atoms with E-state index in [2.05, 4.69) is 11.4 Å². The Balaban J connectivity index is 0.000000307. The molecule has 3 N–H and O–H groups in total. The second-order valence-corrected chi connectivity index (χ2v) is 5.05. The Morgan fingerprint density at radius 1 is 1.21 bits per heavy atom. The van der Waals surface area contributed by atoms with Gasteiger partial charge in [-0.2, -0.15) is 0 Å². The number of aryl methyl sites for hydroxylation is 2. The molecule has 1 saturated heterocycles. The maximum Gasteiger partial charge on any atom is 0.407 e. The standard InChI is InChI=1S/C12H15NO3.C4H4O4/c1-8-3-9(2)5-10(4-8)15-7-11-6-13-12(14)16-11;5-3(6)1-2-4(7)8/h3-5,11H,6-7H2,1-2H3,(H,13,14);1-2H,(H,5,6)(H,7,8)/b;2-1-. The molecule has 1 heterocycles. The summed E-state index contributed by atoms with van der Waals surface area (Å²) in [4.78, 5) is 29.9. The number of carbonyl (C=O) groups is 3. The minimum absolute atomic E-state index is 0.187. The van der Waals surface area contributed by atoms with Gasteiger partial charge in [0.25, 0.3) is 0 Å². The highest BCUT2D eigenvalue weighted by atomic mass is 16.6. The zero-order chi connectivity index (χ0) is 18.1. The summed E-state index contributed by atoms with van der Waals surface area (Å²) in [5.74, 6) is -1.69. The van der Waals surface area contributed by atoms with Crippen LogP contribution in [0, 0.1) is 13.8 Å². The zero-order valence-electron chi connectivity index (χ0n) is 13.3. The van der Waals surface area contributed by atoms with Gasteiger partial charge in [0.15, 0.2) is 6.10 Å². The summed E-state index contributed by atoms with van der Waals surface area (Å²) in [5.41, 5.74) is 2.33. The maximum absolute atomic E-state index is 10.8. The van der Waals surface area contributed by atoms with Gasteiger partial charge in [0.2, 0.25) is 0 Å². The van der Waals surface area contributed by atoms with Crippen LogP contribution in [0.1, 0.15) is 11.1 Å².